The van der Waals surface area contributed by atoms with E-state index in [0.29, 0.717) is 24.3 Å². The zero-order chi connectivity index (χ0) is 21.7. The molecule has 1 aliphatic rings. The van der Waals surface area contributed by atoms with Gasteiger partial charge in [-0.25, -0.2) is 19.6 Å². The largest absolute Gasteiger partial charge is 0.348 e. The average molecular weight is 462 g/mol. The highest BCUT2D eigenvalue weighted by atomic mass is 35.5. The summed E-state index contributed by atoms with van der Waals surface area (Å²) >= 11 is 8.16. The van der Waals surface area contributed by atoms with Gasteiger partial charge in [0.2, 0.25) is 0 Å². The Hall–Kier alpha value is -3.56. The monoisotopic (exact) mass is 461 g/mol. The first-order valence-electron chi connectivity index (χ1n) is 10.0. The number of H-pyrrole nitrogens is 1. The second-order valence-electron chi connectivity index (χ2n) is 7.39. The van der Waals surface area contributed by atoms with Crippen molar-refractivity contribution in [2.75, 3.05) is 6.54 Å². The highest BCUT2D eigenvalue weighted by Gasteiger charge is 2.37. The highest BCUT2D eigenvalue weighted by molar-refractivity contribution is 7.18. The summed E-state index contributed by atoms with van der Waals surface area (Å²) in [5, 5.41) is 5.36. The van der Waals surface area contributed by atoms with Gasteiger partial charge in [-0.15, -0.1) is 11.3 Å². The third kappa shape index (κ3) is 3.01. The van der Waals surface area contributed by atoms with Gasteiger partial charge in [0.1, 0.15) is 16.2 Å². The Morgan fingerprint density at radius 1 is 1.16 bits per heavy atom. The Morgan fingerprint density at radius 2 is 2.03 bits per heavy atom. The first-order chi connectivity index (χ1) is 15.7. The lowest BCUT2D eigenvalue weighted by atomic mass is 10.0. The van der Waals surface area contributed by atoms with Gasteiger partial charge in [0.05, 0.1) is 34.0 Å². The second kappa shape index (κ2) is 7.54. The zero-order valence-corrected chi connectivity index (χ0v) is 18.2. The number of amides is 1. The number of rotatable bonds is 3. The number of pyridine rings is 1. The third-order valence-corrected chi connectivity index (χ3v) is 6.99. The van der Waals surface area contributed by atoms with Crippen LogP contribution >= 0.6 is 22.9 Å². The molecule has 1 N–H and O–H groups in total. The fourth-order valence-electron chi connectivity index (χ4n) is 4.02. The van der Waals surface area contributed by atoms with Crippen LogP contribution in [0.15, 0.2) is 61.2 Å². The molecule has 1 aromatic carbocycles. The molecule has 0 saturated heterocycles. The quantitative estimate of drug-likeness (QED) is 0.437. The van der Waals surface area contributed by atoms with Crippen LogP contribution in [-0.2, 0) is 6.42 Å². The molecule has 5 heterocycles. The highest BCUT2D eigenvalue weighted by Crippen LogP contribution is 2.38. The number of hydrogen-bond acceptors (Lipinski definition) is 6. The van der Waals surface area contributed by atoms with Gasteiger partial charge in [-0.3, -0.25) is 4.79 Å². The normalized spacial score (nSPS) is 15.8. The van der Waals surface area contributed by atoms with E-state index >= 15 is 0 Å². The molecule has 1 aliphatic heterocycles. The minimum atomic E-state index is -0.399. The zero-order valence-electron chi connectivity index (χ0n) is 16.6. The smallest absolute Gasteiger partial charge is 0.259 e. The maximum Gasteiger partial charge on any atom is 0.259 e. The molecule has 0 saturated carbocycles. The van der Waals surface area contributed by atoms with Crippen LogP contribution in [0.4, 0.5) is 0 Å². The molecule has 1 atom stereocenters. The number of fused-ring (bicyclic) bond motifs is 2. The predicted molar refractivity (Wildman–Crippen MR) is 121 cm³/mol. The van der Waals surface area contributed by atoms with Crippen molar-refractivity contribution in [1.29, 1.82) is 0 Å². The summed E-state index contributed by atoms with van der Waals surface area (Å²) in [4.78, 5) is 32.3. The summed E-state index contributed by atoms with van der Waals surface area (Å²) in [7, 11) is 0. The third-order valence-electron chi connectivity index (χ3n) is 5.54. The maximum absolute atomic E-state index is 13.7. The lowest BCUT2D eigenvalue weighted by Gasteiger charge is -2.33. The number of carbonyl (C=O) groups is 1. The van der Waals surface area contributed by atoms with Gasteiger partial charge in [-0.05, 0) is 24.3 Å². The number of nitrogens with zero attached hydrogens (tertiary/aromatic N) is 6. The number of hydrogen-bond donors (Lipinski definition) is 1. The molecule has 0 aliphatic carbocycles. The summed E-state index contributed by atoms with van der Waals surface area (Å²) in [6.45, 7) is 0.514. The second-order valence-corrected chi connectivity index (χ2v) is 8.81. The van der Waals surface area contributed by atoms with Crippen LogP contribution in [0.25, 0.3) is 16.0 Å². The van der Waals surface area contributed by atoms with Gasteiger partial charge < -0.3 is 9.88 Å². The molecule has 4 aromatic heterocycles. The Morgan fingerprint density at radius 3 is 2.88 bits per heavy atom. The van der Waals surface area contributed by atoms with Crippen LogP contribution in [0.5, 0.6) is 0 Å². The Bertz CT molecular complexity index is 1410. The number of nitrogens with one attached hydrogen (secondary N) is 1. The number of thiazole rings is 1. The first-order valence-corrected chi connectivity index (χ1v) is 11.2. The Labute approximate surface area is 191 Å². The topological polar surface area (TPSA) is 92.6 Å². The van der Waals surface area contributed by atoms with Crippen LogP contribution in [0.3, 0.4) is 0 Å². The van der Waals surface area contributed by atoms with Crippen molar-refractivity contribution >= 4 is 39.1 Å². The molecule has 1 amide bonds. The van der Waals surface area contributed by atoms with Crippen molar-refractivity contribution in [1.82, 2.24) is 34.6 Å². The van der Waals surface area contributed by atoms with Crippen LogP contribution in [0, 0.1) is 0 Å². The SMILES string of the molecule is O=C(c1cnn(-c2ccccn2)c1Cl)N1CCc2[nH]cnc2[C@H]1c1nc2ccccc2s1. The van der Waals surface area contributed by atoms with Crippen molar-refractivity contribution in [3.05, 3.63) is 88.3 Å². The van der Waals surface area contributed by atoms with E-state index in [0.717, 1.165) is 26.6 Å². The number of aromatic nitrogens is 6. The number of imidazole rings is 1. The fourth-order valence-corrected chi connectivity index (χ4v) is 5.37. The summed E-state index contributed by atoms with van der Waals surface area (Å²) in [5.41, 5.74) is 3.07. The lowest BCUT2D eigenvalue weighted by molar-refractivity contribution is 0.0690. The number of benzene rings is 1. The lowest BCUT2D eigenvalue weighted by Crippen LogP contribution is -2.40. The van der Waals surface area contributed by atoms with Gasteiger partial charge in [0.15, 0.2) is 5.82 Å². The molecule has 0 fully saturated rings. The van der Waals surface area contributed by atoms with Gasteiger partial charge >= 0.3 is 0 Å². The number of para-hydroxylation sites is 1. The molecule has 158 valence electrons. The summed E-state index contributed by atoms with van der Waals surface area (Å²) < 4.78 is 2.53. The summed E-state index contributed by atoms with van der Waals surface area (Å²) in [6.07, 6.45) is 5.50. The molecule has 6 rings (SSSR count). The van der Waals surface area contributed by atoms with E-state index in [1.165, 1.54) is 10.9 Å². The molecule has 32 heavy (non-hydrogen) atoms. The predicted octanol–water partition coefficient (Wildman–Crippen LogP) is 4.04. The molecule has 0 bridgehead atoms. The summed E-state index contributed by atoms with van der Waals surface area (Å²) in [6, 6.07) is 13.0. The van der Waals surface area contributed by atoms with Crippen molar-refractivity contribution < 1.29 is 4.79 Å². The van der Waals surface area contributed by atoms with E-state index in [9.17, 15) is 4.79 Å². The number of halogens is 1. The van der Waals surface area contributed by atoms with Crippen molar-refractivity contribution in [2.24, 2.45) is 0 Å². The molecule has 0 radical (unpaired) electrons. The van der Waals surface area contributed by atoms with Crippen molar-refractivity contribution in [3.63, 3.8) is 0 Å². The van der Waals surface area contributed by atoms with Crippen LogP contribution < -0.4 is 0 Å². The van der Waals surface area contributed by atoms with Gasteiger partial charge in [0, 0.05) is 24.9 Å². The van der Waals surface area contributed by atoms with E-state index in [2.05, 4.69) is 20.1 Å². The van der Waals surface area contributed by atoms with E-state index in [1.807, 2.05) is 36.4 Å². The Balaban J connectivity index is 1.43. The minimum Gasteiger partial charge on any atom is -0.348 e. The summed E-state index contributed by atoms with van der Waals surface area (Å²) in [5.74, 6) is 0.336. The van der Waals surface area contributed by atoms with E-state index < -0.39 is 6.04 Å². The van der Waals surface area contributed by atoms with E-state index in [1.54, 1.807) is 34.8 Å². The maximum atomic E-state index is 13.7. The van der Waals surface area contributed by atoms with Gasteiger partial charge in [-0.2, -0.15) is 5.10 Å². The Kier molecular flexibility index (Phi) is 4.51. The average Bonchev–Trinajstić information content (AvgIpc) is 3.56. The molecule has 5 aromatic rings. The molecule has 0 spiro atoms. The molecule has 8 nitrogen and oxygen atoms in total. The number of aromatic amines is 1. The molecule has 0 unspecified atom stereocenters. The molecule has 10 heteroatoms. The molecular formula is C22H16ClN7OS. The molecular weight excluding hydrogens is 446 g/mol. The van der Waals surface area contributed by atoms with E-state index in [4.69, 9.17) is 16.6 Å². The first kappa shape index (κ1) is 19.1. The standard InChI is InChI=1S/C22H16ClN7OS/c23-20-13(11-27-30(20)17-7-3-4-9-24-17)22(31)29-10-8-15-18(26-12-25-15)19(29)21-28-14-5-1-2-6-16(14)32-21/h1-7,9,11-12,19H,8,10H2,(H,25,26)/t19-/m0/s1. The van der Waals surface area contributed by atoms with E-state index in [-0.39, 0.29) is 11.1 Å². The van der Waals surface area contributed by atoms with Gasteiger partial charge in [-0.1, -0.05) is 29.8 Å². The van der Waals surface area contributed by atoms with Crippen molar-refractivity contribution in [2.45, 2.75) is 12.5 Å². The van der Waals surface area contributed by atoms with Crippen molar-refractivity contribution in [3.8, 4) is 5.82 Å². The fraction of sp³-hybridized carbons (Fsp3) is 0.136. The van der Waals surface area contributed by atoms with Crippen LogP contribution in [-0.4, -0.2) is 47.1 Å². The van der Waals surface area contributed by atoms with Crippen LogP contribution in [0.2, 0.25) is 5.15 Å². The minimum absolute atomic E-state index is 0.213. The van der Waals surface area contributed by atoms with Gasteiger partial charge in [0.25, 0.3) is 5.91 Å². The van der Waals surface area contributed by atoms with Crippen LogP contribution in [0.1, 0.15) is 32.8 Å². The number of carbonyl (C=O) groups excluding carboxylic acids is 1.